The SMILES string of the molecule is Cc1nn(-c2cc(C(F)(F)F)c(F)c(O)c2F)c2cnc(N3CCN(S(C)(=O)=O)C[C@H]3Cc3ccccc3)nc12. The minimum atomic E-state index is -5.20. The van der Waals surface area contributed by atoms with Gasteiger partial charge in [-0.1, -0.05) is 30.3 Å². The van der Waals surface area contributed by atoms with Crippen molar-refractivity contribution in [2.24, 2.45) is 0 Å². The second-order valence-corrected chi connectivity index (χ2v) is 11.5. The number of phenols is 1. The molecule has 40 heavy (non-hydrogen) atoms. The maximum Gasteiger partial charge on any atom is 0.419 e. The van der Waals surface area contributed by atoms with Gasteiger partial charge < -0.3 is 10.0 Å². The number of sulfonamides is 1. The Balaban J connectivity index is 1.57. The average molecular weight is 583 g/mol. The maximum absolute atomic E-state index is 14.8. The summed E-state index contributed by atoms with van der Waals surface area (Å²) in [4.78, 5) is 10.7. The zero-order valence-corrected chi connectivity index (χ0v) is 22.0. The van der Waals surface area contributed by atoms with E-state index in [0.29, 0.717) is 6.42 Å². The minimum absolute atomic E-state index is 0.0219. The summed E-state index contributed by atoms with van der Waals surface area (Å²) in [5.74, 6) is -5.31. The van der Waals surface area contributed by atoms with E-state index in [-0.39, 0.29) is 54.4 Å². The molecule has 1 atom stereocenters. The molecule has 3 heterocycles. The first kappa shape index (κ1) is 27.7. The van der Waals surface area contributed by atoms with Gasteiger partial charge in [0, 0.05) is 25.7 Å². The van der Waals surface area contributed by atoms with Gasteiger partial charge in [0.25, 0.3) is 0 Å². The molecular weight excluding hydrogens is 559 g/mol. The molecule has 1 aliphatic heterocycles. The van der Waals surface area contributed by atoms with Crippen molar-refractivity contribution in [3.63, 3.8) is 0 Å². The van der Waals surface area contributed by atoms with Crippen LogP contribution in [0.3, 0.4) is 0 Å². The Bertz CT molecular complexity index is 1700. The second kappa shape index (κ2) is 9.96. The Morgan fingerprint density at radius 1 is 1.10 bits per heavy atom. The molecular formula is C25H23F5N6O3S. The fraction of sp³-hybridized carbons (Fsp3) is 0.320. The van der Waals surface area contributed by atoms with Crippen molar-refractivity contribution in [2.45, 2.75) is 25.6 Å². The van der Waals surface area contributed by atoms with Crippen molar-refractivity contribution >= 4 is 27.0 Å². The van der Waals surface area contributed by atoms with Crippen LogP contribution in [0.4, 0.5) is 27.9 Å². The highest BCUT2D eigenvalue weighted by molar-refractivity contribution is 7.88. The molecule has 0 radical (unpaired) electrons. The van der Waals surface area contributed by atoms with Gasteiger partial charge in [-0.25, -0.2) is 31.8 Å². The number of halogens is 5. The van der Waals surface area contributed by atoms with E-state index in [2.05, 4.69) is 15.1 Å². The molecule has 4 aromatic rings. The predicted molar refractivity (Wildman–Crippen MR) is 136 cm³/mol. The molecule has 15 heteroatoms. The molecule has 1 N–H and O–H groups in total. The molecule has 2 aromatic heterocycles. The van der Waals surface area contributed by atoms with Gasteiger partial charge in [-0.2, -0.15) is 22.6 Å². The van der Waals surface area contributed by atoms with Crippen LogP contribution in [-0.2, 0) is 22.6 Å². The van der Waals surface area contributed by atoms with E-state index in [9.17, 15) is 35.5 Å². The normalized spacial score (nSPS) is 17.1. The molecule has 0 unspecified atom stereocenters. The molecule has 1 aliphatic rings. The molecule has 9 nitrogen and oxygen atoms in total. The summed E-state index contributed by atoms with van der Waals surface area (Å²) in [6.07, 6.45) is -2.34. The van der Waals surface area contributed by atoms with Gasteiger partial charge in [-0.15, -0.1) is 0 Å². The molecule has 0 aliphatic carbocycles. The van der Waals surface area contributed by atoms with Gasteiger partial charge in [0.1, 0.15) is 16.7 Å². The largest absolute Gasteiger partial charge is 0.503 e. The van der Waals surface area contributed by atoms with Gasteiger partial charge in [0.05, 0.1) is 23.7 Å². The number of aromatic hydroxyl groups is 1. The lowest BCUT2D eigenvalue weighted by atomic mass is 10.0. The number of aromatic nitrogens is 4. The summed E-state index contributed by atoms with van der Waals surface area (Å²) in [6.45, 7) is 2.13. The van der Waals surface area contributed by atoms with Gasteiger partial charge in [-0.3, -0.25) is 0 Å². The molecule has 1 fully saturated rings. The van der Waals surface area contributed by atoms with E-state index in [1.165, 1.54) is 17.4 Å². The van der Waals surface area contributed by atoms with Crippen LogP contribution in [0.25, 0.3) is 16.7 Å². The average Bonchev–Trinajstić information content (AvgIpc) is 3.22. The lowest BCUT2D eigenvalue weighted by molar-refractivity contribution is -0.140. The number of alkyl halides is 3. The summed E-state index contributed by atoms with van der Waals surface area (Å²) in [7, 11) is -3.46. The standard InChI is InChI=1S/C25H23F5N6O3S/c1-14-22-19(36(33-14)18-11-17(25(28,29)30)20(26)23(37)21(18)27)12-31-24(32-22)35-9-8-34(40(2,38)39)13-16(35)10-15-6-4-3-5-7-15/h3-7,11-12,16,37H,8-10,13H2,1-2H3/t16-/m1/s1. The number of hydrogen-bond acceptors (Lipinski definition) is 7. The van der Waals surface area contributed by atoms with E-state index < -0.39 is 44.8 Å². The van der Waals surface area contributed by atoms with Crippen molar-refractivity contribution in [3.8, 4) is 11.4 Å². The highest BCUT2D eigenvalue weighted by Crippen LogP contribution is 2.39. The van der Waals surface area contributed by atoms with Crippen molar-refractivity contribution < 1.29 is 35.5 Å². The number of hydrogen-bond donors (Lipinski definition) is 1. The molecule has 0 spiro atoms. The Kier molecular flexibility index (Phi) is 6.90. The quantitative estimate of drug-likeness (QED) is 0.357. The predicted octanol–water partition coefficient (Wildman–Crippen LogP) is 3.82. The first-order valence-electron chi connectivity index (χ1n) is 12.0. The first-order valence-corrected chi connectivity index (χ1v) is 13.9. The number of nitrogens with zero attached hydrogens (tertiary/aromatic N) is 6. The van der Waals surface area contributed by atoms with Crippen LogP contribution in [0.15, 0.2) is 42.6 Å². The van der Waals surface area contributed by atoms with E-state index >= 15 is 0 Å². The van der Waals surface area contributed by atoms with Crippen LogP contribution in [-0.4, -0.2) is 69.5 Å². The maximum atomic E-state index is 14.8. The summed E-state index contributed by atoms with van der Waals surface area (Å²) in [5.41, 5.74) is -1.30. The molecule has 212 valence electrons. The van der Waals surface area contributed by atoms with Gasteiger partial charge in [-0.05, 0) is 25.0 Å². The number of benzene rings is 2. The monoisotopic (exact) mass is 582 g/mol. The van der Waals surface area contributed by atoms with Crippen LogP contribution < -0.4 is 4.90 Å². The zero-order chi connectivity index (χ0) is 29.0. The van der Waals surface area contributed by atoms with Crippen LogP contribution >= 0.6 is 0 Å². The van der Waals surface area contributed by atoms with Crippen LogP contribution in [0.1, 0.15) is 16.8 Å². The third kappa shape index (κ3) is 5.06. The Hall–Kier alpha value is -3.85. The summed E-state index contributed by atoms with van der Waals surface area (Å²) >= 11 is 0. The van der Waals surface area contributed by atoms with Crippen LogP contribution in [0.5, 0.6) is 5.75 Å². The van der Waals surface area contributed by atoms with Gasteiger partial charge >= 0.3 is 6.18 Å². The molecule has 0 amide bonds. The van der Waals surface area contributed by atoms with Crippen molar-refractivity contribution in [1.82, 2.24) is 24.1 Å². The highest BCUT2D eigenvalue weighted by Gasteiger charge is 2.38. The fourth-order valence-electron chi connectivity index (χ4n) is 4.78. The van der Waals surface area contributed by atoms with Crippen molar-refractivity contribution in [2.75, 3.05) is 30.8 Å². The Labute approximate surface area is 225 Å². The van der Waals surface area contributed by atoms with Crippen LogP contribution in [0.2, 0.25) is 0 Å². The molecule has 0 saturated carbocycles. The van der Waals surface area contributed by atoms with E-state index in [1.54, 1.807) is 0 Å². The third-order valence-corrected chi connectivity index (χ3v) is 8.02. The number of aryl methyl sites for hydroxylation is 1. The first-order chi connectivity index (χ1) is 18.8. The topological polar surface area (TPSA) is 104 Å². The lowest BCUT2D eigenvalue weighted by Crippen LogP contribution is -2.56. The Morgan fingerprint density at radius 3 is 2.45 bits per heavy atom. The fourth-order valence-corrected chi connectivity index (χ4v) is 5.64. The number of piperazine rings is 1. The number of phenolic OH excluding ortho intramolecular Hbond substituents is 1. The second-order valence-electron chi connectivity index (χ2n) is 9.48. The number of anilines is 1. The summed E-state index contributed by atoms with van der Waals surface area (Å²) < 4.78 is 95.6. The highest BCUT2D eigenvalue weighted by atomic mass is 32.2. The van der Waals surface area contributed by atoms with E-state index in [4.69, 9.17) is 0 Å². The molecule has 0 bridgehead atoms. The van der Waals surface area contributed by atoms with Gasteiger partial charge in [0.15, 0.2) is 17.4 Å². The van der Waals surface area contributed by atoms with Crippen LogP contribution in [0, 0.1) is 18.6 Å². The smallest absolute Gasteiger partial charge is 0.419 e. The third-order valence-electron chi connectivity index (χ3n) is 6.75. The van der Waals surface area contributed by atoms with E-state index in [1.807, 2.05) is 35.2 Å². The summed E-state index contributed by atoms with van der Waals surface area (Å²) in [6, 6.07) is 9.31. The number of fused-ring (bicyclic) bond motifs is 1. The molecule has 2 aromatic carbocycles. The van der Waals surface area contributed by atoms with Crippen molar-refractivity contribution in [3.05, 3.63) is 71.1 Å². The molecule has 1 saturated heterocycles. The summed E-state index contributed by atoms with van der Waals surface area (Å²) in [5, 5.41) is 13.8. The minimum Gasteiger partial charge on any atom is -0.503 e. The molecule has 5 rings (SSSR count). The van der Waals surface area contributed by atoms with Gasteiger partial charge in [0.2, 0.25) is 16.0 Å². The van der Waals surface area contributed by atoms with Crippen molar-refractivity contribution in [1.29, 1.82) is 0 Å². The van der Waals surface area contributed by atoms with E-state index in [0.717, 1.165) is 16.5 Å². The zero-order valence-electron chi connectivity index (χ0n) is 21.2. The Morgan fingerprint density at radius 2 is 1.80 bits per heavy atom. The lowest BCUT2D eigenvalue weighted by Gasteiger charge is -2.40. The number of rotatable bonds is 5.